The molecule has 1 saturated heterocycles. The molecule has 1 aromatic heterocycles. The van der Waals surface area contributed by atoms with Crippen molar-refractivity contribution in [3.05, 3.63) is 40.9 Å². The van der Waals surface area contributed by atoms with Gasteiger partial charge in [0.25, 0.3) is 5.91 Å². The van der Waals surface area contributed by atoms with Crippen molar-refractivity contribution in [2.75, 3.05) is 18.4 Å². The molecule has 0 radical (unpaired) electrons. The predicted molar refractivity (Wildman–Crippen MR) is 100 cm³/mol. The molecule has 1 fully saturated rings. The van der Waals surface area contributed by atoms with Gasteiger partial charge in [0.1, 0.15) is 0 Å². The summed E-state index contributed by atoms with van der Waals surface area (Å²) in [6.07, 6.45) is 1.38. The van der Waals surface area contributed by atoms with Crippen LogP contribution in [0, 0.1) is 6.92 Å². The molecular weight excluding hydrogens is 374 g/mol. The van der Waals surface area contributed by atoms with E-state index < -0.39 is 10.0 Å². The zero-order valence-electron chi connectivity index (χ0n) is 14.8. The Morgan fingerprint density at radius 2 is 1.85 bits per heavy atom. The zero-order chi connectivity index (χ0) is 18.9. The average molecular weight is 396 g/mol. The zero-order valence-corrected chi connectivity index (χ0v) is 16.4. The first-order chi connectivity index (χ1) is 12.3. The van der Waals surface area contributed by atoms with Crippen LogP contribution in [-0.4, -0.2) is 48.9 Å². The Balaban J connectivity index is 1.75. The molecule has 2 atom stereocenters. The summed E-state index contributed by atoms with van der Waals surface area (Å²) >= 11 is 1.38. The fraction of sp³-hybridized carbons (Fsp3) is 0.412. The van der Waals surface area contributed by atoms with E-state index in [9.17, 15) is 13.2 Å². The lowest BCUT2D eigenvalue weighted by molar-refractivity contribution is -0.0440. The summed E-state index contributed by atoms with van der Waals surface area (Å²) in [6, 6.07) is 5.94. The molecule has 1 N–H and O–H groups in total. The third-order valence-corrected chi connectivity index (χ3v) is 6.66. The van der Waals surface area contributed by atoms with Gasteiger partial charge >= 0.3 is 0 Å². The molecule has 0 unspecified atom stereocenters. The van der Waals surface area contributed by atoms with Crippen LogP contribution >= 0.6 is 11.3 Å². The average Bonchev–Trinajstić information content (AvgIpc) is 2.99. The summed E-state index contributed by atoms with van der Waals surface area (Å²) in [6.45, 7) is 6.24. The smallest absolute Gasteiger partial charge is 0.257 e. The SMILES string of the molecule is Cc1cnc(NC(=O)c2ccc(S(=O)(=O)N3C[C@@H](C)O[C@@H](C)C3)cc2)s1. The highest BCUT2D eigenvalue weighted by Gasteiger charge is 2.32. The summed E-state index contributed by atoms with van der Waals surface area (Å²) in [5.41, 5.74) is 0.375. The largest absolute Gasteiger partial charge is 0.373 e. The molecular formula is C17H21N3O4S2. The van der Waals surface area contributed by atoms with Crippen molar-refractivity contribution in [1.82, 2.24) is 9.29 Å². The summed E-state index contributed by atoms with van der Waals surface area (Å²) in [5, 5.41) is 3.22. The van der Waals surface area contributed by atoms with Gasteiger partial charge in [0.15, 0.2) is 5.13 Å². The number of amides is 1. The van der Waals surface area contributed by atoms with Gasteiger partial charge in [0.05, 0.1) is 17.1 Å². The second-order valence-corrected chi connectivity index (χ2v) is 9.51. The first-order valence-corrected chi connectivity index (χ1v) is 10.5. The summed E-state index contributed by atoms with van der Waals surface area (Å²) in [4.78, 5) is 17.5. The number of aromatic nitrogens is 1. The van der Waals surface area contributed by atoms with Crippen LogP contribution in [0.25, 0.3) is 0 Å². The molecule has 2 heterocycles. The van der Waals surface area contributed by atoms with E-state index in [2.05, 4.69) is 10.3 Å². The molecule has 3 rings (SSSR count). The minimum atomic E-state index is -3.61. The normalized spacial score (nSPS) is 21.5. The third kappa shape index (κ3) is 4.12. The molecule has 1 aromatic carbocycles. The molecule has 0 spiro atoms. The van der Waals surface area contributed by atoms with Gasteiger partial charge in [-0.2, -0.15) is 4.31 Å². The number of thiazole rings is 1. The van der Waals surface area contributed by atoms with Crippen molar-refractivity contribution in [1.29, 1.82) is 0 Å². The first kappa shape index (κ1) is 19.0. The number of nitrogens with zero attached hydrogens (tertiary/aromatic N) is 2. The second kappa shape index (κ2) is 7.43. The number of hydrogen-bond acceptors (Lipinski definition) is 6. The fourth-order valence-electron chi connectivity index (χ4n) is 2.84. The number of carbonyl (C=O) groups is 1. The number of hydrogen-bond donors (Lipinski definition) is 1. The monoisotopic (exact) mass is 395 g/mol. The van der Waals surface area contributed by atoms with Crippen molar-refractivity contribution in [3.8, 4) is 0 Å². The van der Waals surface area contributed by atoms with E-state index >= 15 is 0 Å². The summed E-state index contributed by atoms with van der Waals surface area (Å²) < 4.78 is 32.7. The topological polar surface area (TPSA) is 88.6 Å². The van der Waals surface area contributed by atoms with Crippen molar-refractivity contribution in [2.45, 2.75) is 37.9 Å². The minimum Gasteiger partial charge on any atom is -0.373 e. The second-order valence-electron chi connectivity index (χ2n) is 6.33. The highest BCUT2D eigenvalue weighted by atomic mass is 32.2. The van der Waals surface area contributed by atoms with E-state index in [0.717, 1.165) is 4.88 Å². The van der Waals surface area contributed by atoms with Crippen molar-refractivity contribution in [3.63, 3.8) is 0 Å². The molecule has 0 aliphatic carbocycles. The number of anilines is 1. The highest BCUT2D eigenvalue weighted by Crippen LogP contribution is 2.22. The number of aryl methyl sites for hydroxylation is 1. The van der Waals surface area contributed by atoms with E-state index in [1.807, 2.05) is 20.8 Å². The first-order valence-electron chi connectivity index (χ1n) is 8.25. The number of benzene rings is 1. The van der Waals surface area contributed by atoms with Gasteiger partial charge in [-0.25, -0.2) is 13.4 Å². The summed E-state index contributed by atoms with van der Waals surface area (Å²) in [5.74, 6) is -0.322. The van der Waals surface area contributed by atoms with Gasteiger partial charge in [-0.3, -0.25) is 10.1 Å². The Bertz CT molecular complexity index is 883. The lowest BCUT2D eigenvalue weighted by atomic mass is 10.2. The van der Waals surface area contributed by atoms with Gasteiger partial charge in [-0.1, -0.05) is 0 Å². The van der Waals surface area contributed by atoms with Crippen molar-refractivity contribution in [2.24, 2.45) is 0 Å². The maximum Gasteiger partial charge on any atom is 0.257 e. The molecule has 0 saturated carbocycles. The van der Waals surface area contributed by atoms with Crippen molar-refractivity contribution < 1.29 is 17.9 Å². The van der Waals surface area contributed by atoms with Crippen LogP contribution in [-0.2, 0) is 14.8 Å². The van der Waals surface area contributed by atoms with Crippen LogP contribution in [0.3, 0.4) is 0 Å². The van der Waals surface area contributed by atoms with Gasteiger partial charge in [0.2, 0.25) is 10.0 Å². The number of rotatable bonds is 4. The molecule has 1 aliphatic heterocycles. The van der Waals surface area contributed by atoms with E-state index in [1.54, 1.807) is 6.20 Å². The molecule has 0 bridgehead atoms. The maximum absolute atomic E-state index is 12.8. The predicted octanol–water partition coefficient (Wildman–Crippen LogP) is 2.50. The van der Waals surface area contributed by atoms with Gasteiger partial charge in [0, 0.05) is 29.7 Å². The van der Waals surface area contributed by atoms with Gasteiger partial charge in [-0.05, 0) is 45.0 Å². The van der Waals surface area contributed by atoms with Gasteiger partial charge in [-0.15, -0.1) is 11.3 Å². The number of sulfonamides is 1. The molecule has 140 valence electrons. The number of carbonyl (C=O) groups excluding carboxylic acids is 1. The Hall–Kier alpha value is -1.81. The molecule has 1 amide bonds. The lowest BCUT2D eigenvalue weighted by Gasteiger charge is -2.34. The maximum atomic E-state index is 12.8. The van der Waals surface area contributed by atoms with Crippen LogP contribution in [0.1, 0.15) is 29.1 Å². The quantitative estimate of drug-likeness (QED) is 0.859. The molecule has 1 aliphatic rings. The fourth-order valence-corrected chi connectivity index (χ4v) is 5.09. The third-order valence-electron chi connectivity index (χ3n) is 3.98. The van der Waals surface area contributed by atoms with Crippen LogP contribution in [0.2, 0.25) is 0 Å². The molecule has 26 heavy (non-hydrogen) atoms. The van der Waals surface area contributed by atoms with Crippen LogP contribution in [0.15, 0.2) is 35.4 Å². The molecule has 9 heteroatoms. The Labute approximate surface area is 157 Å². The Morgan fingerprint density at radius 1 is 1.23 bits per heavy atom. The van der Waals surface area contributed by atoms with Crippen LogP contribution in [0.4, 0.5) is 5.13 Å². The minimum absolute atomic E-state index is 0.152. The van der Waals surface area contributed by atoms with Crippen molar-refractivity contribution >= 4 is 32.4 Å². The standard InChI is InChI=1S/C17H21N3O4S2/c1-11-9-20(10-12(2)24-11)26(22,23)15-6-4-14(5-7-15)16(21)19-17-18-8-13(3)25-17/h4-8,11-12H,9-10H2,1-3H3,(H,18,19,21)/t11-,12+. The molecule has 2 aromatic rings. The lowest BCUT2D eigenvalue weighted by Crippen LogP contribution is -2.48. The van der Waals surface area contributed by atoms with E-state index in [0.29, 0.717) is 23.8 Å². The highest BCUT2D eigenvalue weighted by molar-refractivity contribution is 7.89. The summed E-state index contributed by atoms with van der Waals surface area (Å²) in [7, 11) is -3.61. The number of nitrogens with one attached hydrogen (secondary N) is 1. The van der Waals surface area contributed by atoms with E-state index in [-0.39, 0.29) is 23.0 Å². The Morgan fingerprint density at radius 3 is 2.38 bits per heavy atom. The van der Waals surface area contributed by atoms with Crippen LogP contribution < -0.4 is 5.32 Å². The van der Waals surface area contributed by atoms with Crippen LogP contribution in [0.5, 0.6) is 0 Å². The molecule has 7 nitrogen and oxygen atoms in total. The number of morpholine rings is 1. The van der Waals surface area contributed by atoms with E-state index in [1.165, 1.54) is 39.9 Å². The number of ether oxygens (including phenoxy) is 1. The van der Waals surface area contributed by atoms with Gasteiger partial charge < -0.3 is 4.74 Å². The van der Waals surface area contributed by atoms with E-state index in [4.69, 9.17) is 4.74 Å². The Kier molecular flexibility index (Phi) is 5.42.